The molecule has 21 nitrogen and oxygen atoms in total. The van der Waals surface area contributed by atoms with Crippen LogP contribution in [-0.4, -0.2) is 228 Å². The molecule has 38 atom stereocenters. The molecule has 20 fully saturated rings. The van der Waals surface area contributed by atoms with Gasteiger partial charge in [-0.15, -0.1) is 0 Å². The molecule has 2 spiro atoms. The average Bonchev–Trinajstić information content (AvgIpc) is 1.55. The van der Waals surface area contributed by atoms with E-state index in [1.807, 2.05) is 6.92 Å². The number of ether oxygens (including phenoxy) is 16. The van der Waals surface area contributed by atoms with Crippen LogP contribution in [0.3, 0.4) is 0 Å². The van der Waals surface area contributed by atoms with Gasteiger partial charge in [-0.2, -0.15) is 0 Å². The van der Waals surface area contributed by atoms with Crippen LogP contribution in [0.4, 0.5) is 0 Å². The second-order valence-corrected chi connectivity index (χ2v) is 35.3. The normalized spacial score (nSPS) is 53.2. The lowest BCUT2D eigenvalue weighted by Crippen LogP contribution is -2.61. The molecule has 20 heterocycles. The van der Waals surface area contributed by atoms with Gasteiger partial charge in [-0.25, -0.2) is 0 Å². The summed E-state index contributed by atoms with van der Waals surface area (Å²) >= 11 is 0. The van der Waals surface area contributed by atoms with Crippen molar-refractivity contribution < 1.29 is 101 Å². The summed E-state index contributed by atoms with van der Waals surface area (Å²) in [5.74, 6) is -0.444. The molecule has 0 aliphatic carbocycles. The maximum absolute atomic E-state index is 14.0. The quantitative estimate of drug-likeness (QED) is 0.210. The van der Waals surface area contributed by atoms with Crippen molar-refractivity contribution in [2.45, 2.75) is 403 Å². The summed E-state index contributed by atoms with van der Waals surface area (Å²) in [6, 6.07) is 0. The highest BCUT2D eigenvalue weighted by Gasteiger charge is 2.71. The molecule has 0 aromatic heterocycles. The molecule has 0 amide bonds. The molecule has 3 N–H and O–H groups in total. The first-order chi connectivity index (χ1) is 49.1. The third kappa shape index (κ3) is 13.9. The van der Waals surface area contributed by atoms with E-state index in [0.29, 0.717) is 88.9 Å². The van der Waals surface area contributed by atoms with Crippen molar-refractivity contribution >= 4 is 11.6 Å². The van der Waals surface area contributed by atoms with Crippen molar-refractivity contribution in [3.8, 4) is 0 Å². The van der Waals surface area contributed by atoms with Crippen LogP contribution in [0.25, 0.3) is 0 Å². The van der Waals surface area contributed by atoms with Crippen LogP contribution < -0.4 is 0 Å². The van der Waals surface area contributed by atoms with Gasteiger partial charge in [0.25, 0.3) is 0 Å². The predicted molar refractivity (Wildman–Crippen MR) is 369 cm³/mol. The van der Waals surface area contributed by atoms with Crippen LogP contribution in [0.15, 0.2) is 48.6 Å². The van der Waals surface area contributed by atoms with E-state index in [1.165, 1.54) is 0 Å². The monoisotopic (exact) mass is 1430 g/mol. The molecular formula is C81H118O21. The Hall–Kier alpha value is -2.46. The van der Waals surface area contributed by atoms with Gasteiger partial charge in [0.1, 0.15) is 72.6 Å². The Morgan fingerprint density at radius 1 is 0.392 bits per heavy atom. The highest BCUT2D eigenvalue weighted by molar-refractivity contribution is 5.79. The molecular weight excluding hydrogens is 1310 g/mol. The molecule has 20 rings (SSSR count). The standard InChI is InChI=1S/C41H60O10.C40H58O11/c1-6-24(42)17-32-23(5)29-16-25(43)15-27-8-10-31-36(46-27)40-39-38(48-31)37-35(49-39)19-41(50-37,51-40)12-11-28-14-21(3)30(44-28)9-7-26-13-20(2)22(4)33(45-26)18-34(29)47-32;1-19-11-25-5-7-29-20(2)12-27(44-29)9-10-40-17-34-36(50-40)37-38(49-34)39(51-40)35-30(48-37)8-6-26(46-35)13-23(42)14-28-22(4)31(15-24(43)18-41)47-33(28)16-32(45-25)21(19)3/h20,23-24,26-40,42H,3-4,6-19H2,1-2,5H3;19,22,24-39,41,43H,2-3,5-18H2,1,4H3/t20-,23-,24-,26+,27?,28+,29-,30?,31+,32-,33-,34?,35-,36+,37+,38+,39-,40+,41?;19-,22-,24+,25+,26?,27+,28-,29?,30+,31-,32-,33?,34-,35+,36+,37+,38-,39+,40?/m11/s1. The number of carbonyl (C=O) groups is 2. The van der Waals surface area contributed by atoms with Crippen molar-refractivity contribution in [1.82, 2.24) is 0 Å². The lowest BCUT2D eigenvalue weighted by atomic mass is 9.78. The fourth-order valence-electron chi connectivity index (χ4n) is 22.6. The van der Waals surface area contributed by atoms with E-state index < -0.39 is 23.8 Å². The SMILES string of the molecule is C=C1C[C@@H]2CCC34C[C@H]5O[C@H]6[C@@H](O3)[C@H]3OC(CC[C@@H]3O[C@H]6[C@H]5O4)CC(=O)C[C@H]3C(C[C@H]4O[C@@H](CCC1O2)C[C@@H](C)C4=C)O[C@H](C[C@H](O)CC)[C@@H]3C.C=C1C[C@@H]2CCC34C[C@H]5O[C@H]6[C@@H](O3)[C@H]3OC(CC[C@@H]3O[C@H]6[C@H]5O4)CC(=O)C[C@H]3C(C[C@H]4O[C@@H](CCC1O2)C[C@@H](C)C4=C)O[C@H](C[C@H](O)CO)[C@@H]3C. The van der Waals surface area contributed by atoms with Gasteiger partial charge in [0.2, 0.25) is 0 Å². The van der Waals surface area contributed by atoms with E-state index in [0.717, 1.165) is 119 Å². The Morgan fingerprint density at radius 3 is 1.23 bits per heavy atom. The van der Waals surface area contributed by atoms with Crippen molar-refractivity contribution in [1.29, 1.82) is 0 Å². The Bertz CT molecular complexity index is 2910. The molecule has 21 heteroatoms. The minimum Gasteiger partial charge on any atom is -0.394 e. The van der Waals surface area contributed by atoms with Crippen molar-refractivity contribution in [3.63, 3.8) is 0 Å². The summed E-state index contributed by atoms with van der Waals surface area (Å²) in [5, 5.41) is 30.6. The van der Waals surface area contributed by atoms with Gasteiger partial charge in [-0.05, 0) is 161 Å². The Labute approximate surface area is 603 Å². The second kappa shape index (κ2) is 29.1. The molecule has 0 aromatic rings. The maximum Gasteiger partial charge on any atom is 0.172 e. The summed E-state index contributed by atoms with van der Waals surface area (Å²) in [6.07, 6.45) is 13.5. The van der Waals surface area contributed by atoms with Gasteiger partial charge in [0.05, 0.1) is 129 Å². The number of carbonyl (C=O) groups excluding carboxylic acids is 2. The third-order valence-electron chi connectivity index (χ3n) is 28.5. The fraction of sp³-hybridized carbons (Fsp3) is 0.877. The number of hydrogen-bond acceptors (Lipinski definition) is 21. The number of Topliss-reactive ketones (excluding diaryl/α,β-unsaturated/α-hetero) is 2. The molecule has 8 unspecified atom stereocenters. The first-order valence-corrected chi connectivity index (χ1v) is 40.4. The van der Waals surface area contributed by atoms with E-state index in [-0.39, 0.29) is 213 Å². The summed E-state index contributed by atoms with van der Waals surface area (Å²) in [5.41, 5.74) is 4.49. The molecule has 24 bridgehead atoms. The van der Waals surface area contributed by atoms with Crippen LogP contribution in [0.1, 0.15) is 208 Å². The number of ketones is 2. The van der Waals surface area contributed by atoms with Gasteiger partial charge < -0.3 is 91.1 Å². The highest BCUT2D eigenvalue weighted by atomic mass is 16.8. The molecule has 0 saturated carbocycles. The lowest BCUT2D eigenvalue weighted by Gasteiger charge is -2.47. The molecule has 0 aromatic carbocycles. The minimum absolute atomic E-state index is 0.00894. The van der Waals surface area contributed by atoms with Gasteiger partial charge in [0.15, 0.2) is 11.6 Å². The number of aliphatic hydroxyl groups is 3. The fourth-order valence-corrected chi connectivity index (χ4v) is 22.6. The molecule has 20 aliphatic rings. The summed E-state index contributed by atoms with van der Waals surface area (Å²) in [7, 11) is 0. The summed E-state index contributed by atoms with van der Waals surface area (Å²) in [6.45, 7) is 28.3. The Kier molecular flexibility index (Phi) is 20.6. The summed E-state index contributed by atoms with van der Waals surface area (Å²) < 4.78 is 108. The third-order valence-corrected chi connectivity index (χ3v) is 28.5. The van der Waals surface area contributed by atoms with Crippen molar-refractivity contribution in [2.75, 3.05) is 6.61 Å². The minimum atomic E-state index is -0.872. The van der Waals surface area contributed by atoms with Gasteiger partial charge >= 0.3 is 0 Å². The molecule has 0 radical (unpaired) electrons. The lowest BCUT2D eigenvalue weighted by molar-refractivity contribution is -0.292. The van der Waals surface area contributed by atoms with E-state index >= 15 is 0 Å². The first-order valence-electron chi connectivity index (χ1n) is 40.4. The highest BCUT2D eigenvalue weighted by Crippen LogP contribution is 2.57. The Balaban J connectivity index is 0.000000152. The van der Waals surface area contributed by atoms with E-state index in [2.05, 4.69) is 54.0 Å². The smallest absolute Gasteiger partial charge is 0.172 e. The molecule has 20 aliphatic heterocycles. The van der Waals surface area contributed by atoms with Crippen LogP contribution in [0.5, 0.6) is 0 Å². The first kappa shape index (κ1) is 72.4. The zero-order chi connectivity index (χ0) is 70.4. The van der Waals surface area contributed by atoms with Crippen LogP contribution in [0.2, 0.25) is 0 Å². The van der Waals surface area contributed by atoms with E-state index in [1.54, 1.807) is 0 Å². The number of fused-ring (bicyclic) bond motifs is 12. The number of aliphatic hydroxyl groups excluding tert-OH is 3. The predicted octanol–water partition coefficient (Wildman–Crippen LogP) is 9.60. The number of hydrogen-bond donors (Lipinski definition) is 3. The second-order valence-electron chi connectivity index (χ2n) is 35.3. The maximum atomic E-state index is 14.0. The zero-order valence-electron chi connectivity index (χ0n) is 61.1. The van der Waals surface area contributed by atoms with Crippen molar-refractivity contribution in [3.05, 3.63) is 48.6 Å². The van der Waals surface area contributed by atoms with Gasteiger partial charge in [-0.1, -0.05) is 60.9 Å². The van der Waals surface area contributed by atoms with Crippen molar-refractivity contribution in [2.24, 2.45) is 35.5 Å². The number of rotatable bonds is 6. The summed E-state index contributed by atoms with van der Waals surface area (Å²) in [4.78, 5) is 28.0. The topological polar surface area (TPSA) is 243 Å². The van der Waals surface area contributed by atoms with E-state index in [9.17, 15) is 24.9 Å². The average molecular weight is 1430 g/mol. The largest absolute Gasteiger partial charge is 0.394 e. The Morgan fingerprint density at radius 2 is 0.784 bits per heavy atom. The molecule has 20 saturated heterocycles. The van der Waals surface area contributed by atoms with Gasteiger partial charge in [-0.3, -0.25) is 9.59 Å². The van der Waals surface area contributed by atoms with Crippen LogP contribution in [0, 0.1) is 35.5 Å². The van der Waals surface area contributed by atoms with Gasteiger partial charge in [0, 0.05) is 70.6 Å². The molecule has 102 heavy (non-hydrogen) atoms. The van der Waals surface area contributed by atoms with E-state index in [4.69, 9.17) is 75.8 Å². The van der Waals surface area contributed by atoms with Crippen LogP contribution >= 0.6 is 0 Å². The zero-order valence-corrected chi connectivity index (χ0v) is 61.1. The molecule has 568 valence electrons. The van der Waals surface area contributed by atoms with Crippen LogP contribution in [-0.2, 0) is 85.4 Å².